The lowest BCUT2D eigenvalue weighted by Gasteiger charge is -2.17. The summed E-state index contributed by atoms with van der Waals surface area (Å²) in [6.45, 7) is 1.29. The number of halogens is 2. The molecule has 0 saturated heterocycles. The number of hydrogen-bond acceptors (Lipinski definition) is 3. The second-order valence-corrected chi connectivity index (χ2v) is 5.25. The van der Waals surface area contributed by atoms with Crippen LogP contribution < -0.4 is 5.32 Å². The molecule has 98 valence electrons. The number of carboxylic acids is 1. The highest BCUT2D eigenvalue weighted by Gasteiger charge is 2.26. The Morgan fingerprint density at radius 3 is 2.56 bits per heavy atom. The van der Waals surface area contributed by atoms with Gasteiger partial charge in [-0.3, -0.25) is 4.79 Å². The number of rotatable bonds is 4. The summed E-state index contributed by atoms with van der Waals surface area (Å²) in [7, 11) is 0. The van der Waals surface area contributed by atoms with Crippen LogP contribution in [0.3, 0.4) is 0 Å². The zero-order valence-corrected chi connectivity index (χ0v) is 12.3. The molecule has 3 N–H and O–H groups in total. The first-order valence-electron chi connectivity index (χ1n) is 4.99. The Morgan fingerprint density at radius 1 is 1.44 bits per heavy atom. The summed E-state index contributed by atoms with van der Waals surface area (Å²) in [4.78, 5) is 22.7. The predicted octanol–water partition coefficient (Wildman–Crippen LogP) is 1.51. The van der Waals surface area contributed by atoms with Gasteiger partial charge in [0.05, 0.1) is 11.7 Å². The molecule has 0 saturated carbocycles. The molecule has 0 fully saturated rings. The SMILES string of the molecule is CC(O)C(NC(=O)c1cc(Cl)ccc1I)C(=O)O. The summed E-state index contributed by atoms with van der Waals surface area (Å²) in [6.07, 6.45) is -1.19. The van der Waals surface area contributed by atoms with Gasteiger partial charge in [0.1, 0.15) is 0 Å². The van der Waals surface area contributed by atoms with Gasteiger partial charge in [-0.15, -0.1) is 0 Å². The molecular formula is C11H11ClINO4. The van der Waals surface area contributed by atoms with Crippen molar-refractivity contribution in [3.63, 3.8) is 0 Å². The summed E-state index contributed by atoms with van der Waals surface area (Å²) < 4.78 is 0.643. The van der Waals surface area contributed by atoms with Crippen molar-refractivity contribution in [2.45, 2.75) is 19.1 Å². The maximum absolute atomic E-state index is 11.9. The lowest BCUT2D eigenvalue weighted by atomic mass is 10.1. The van der Waals surface area contributed by atoms with E-state index in [1.54, 1.807) is 12.1 Å². The Labute approximate surface area is 122 Å². The number of aliphatic hydroxyl groups excluding tert-OH is 1. The number of amides is 1. The molecular weight excluding hydrogens is 372 g/mol. The molecule has 0 aliphatic rings. The predicted molar refractivity (Wildman–Crippen MR) is 74.7 cm³/mol. The summed E-state index contributed by atoms with van der Waals surface area (Å²) in [5, 5.41) is 20.8. The molecule has 0 spiro atoms. The monoisotopic (exact) mass is 383 g/mol. The van der Waals surface area contributed by atoms with Crippen LogP contribution >= 0.6 is 34.2 Å². The molecule has 2 unspecified atom stereocenters. The van der Waals surface area contributed by atoms with Gasteiger partial charge < -0.3 is 15.5 Å². The normalized spacial score (nSPS) is 13.8. The first-order chi connectivity index (χ1) is 8.32. The first-order valence-corrected chi connectivity index (χ1v) is 6.45. The van der Waals surface area contributed by atoms with Crippen LogP contribution in [0.1, 0.15) is 17.3 Å². The molecule has 2 atom stereocenters. The van der Waals surface area contributed by atoms with Crippen molar-refractivity contribution < 1.29 is 19.8 Å². The largest absolute Gasteiger partial charge is 0.480 e. The highest BCUT2D eigenvalue weighted by molar-refractivity contribution is 14.1. The third-order valence-electron chi connectivity index (χ3n) is 2.21. The molecule has 18 heavy (non-hydrogen) atoms. The summed E-state index contributed by atoms with van der Waals surface area (Å²) >= 11 is 7.72. The van der Waals surface area contributed by atoms with Crippen LogP contribution in [-0.4, -0.2) is 34.2 Å². The fraction of sp³-hybridized carbons (Fsp3) is 0.273. The molecule has 7 heteroatoms. The van der Waals surface area contributed by atoms with Gasteiger partial charge in [0.15, 0.2) is 6.04 Å². The highest BCUT2D eigenvalue weighted by Crippen LogP contribution is 2.18. The number of aliphatic hydroxyl groups is 1. The zero-order valence-electron chi connectivity index (χ0n) is 9.35. The van der Waals surface area contributed by atoms with E-state index in [0.717, 1.165) is 0 Å². The van der Waals surface area contributed by atoms with E-state index >= 15 is 0 Å². The standard InChI is InChI=1S/C11H11ClINO4/c1-5(15)9(11(17)18)14-10(16)7-4-6(12)2-3-8(7)13/h2-5,9,15H,1H3,(H,14,16)(H,17,18). The number of hydrogen-bond donors (Lipinski definition) is 3. The molecule has 0 aromatic heterocycles. The van der Waals surface area contributed by atoms with Crippen molar-refractivity contribution in [1.29, 1.82) is 0 Å². The van der Waals surface area contributed by atoms with Gasteiger partial charge in [-0.1, -0.05) is 11.6 Å². The van der Waals surface area contributed by atoms with Crippen molar-refractivity contribution in [2.24, 2.45) is 0 Å². The Hall–Kier alpha value is -0.860. The van der Waals surface area contributed by atoms with E-state index in [-0.39, 0.29) is 5.56 Å². The Kier molecular flexibility index (Phi) is 5.36. The topological polar surface area (TPSA) is 86.6 Å². The number of nitrogens with one attached hydrogen (secondary N) is 1. The smallest absolute Gasteiger partial charge is 0.328 e. The van der Waals surface area contributed by atoms with E-state index in [1.807, 2.05) is 22.6 Å². The van der Waals surface area contributed by atoms with Crippen LogP contribution in [0.5, 0.6) is 0 Å². The Morgan fingerprint density at radius 2 is 2.06 bits per heavy atom. The Balaban J connectivity index is 2.94. The molecule has 1 amide bonds. The van der Waals surface area contributed by atoms with E-state index in [0.29, 0.717) is 8.59 Å². The van der Waals surface area contributed by atoms with Crippen molar-refractivity contribution >= 4 is 46.1 Å². The van der Waals surface area contributed by atoms with Gasteiger partial charge in [0.25, 0.3) is 5.91 Å². The van der Waals surface area contributed by atoms with Crippen LogP contribution in [-0.2, 0) is 4.79 Å². The number of benzene rings is 1. The van der Waals surface area contributed by atoms with Crippen LogP contribution in [0.25, 0.3) is 0 Å². The van der Waals surface area contributed by atoms with Gasteiger partial charge in [-0.05, 0) is 47.7 Å². The van der Waals surface area contributed by atoms with Crippen LogP contribution in [0, 0.1) is 3.57 Å². The van der Waals surface area contributed by atoms with Gasteiger partial charge in [-0.25, -0.2) is 4.79 Å². The summed E-state index contributed by atoms with van der Waals surface area (Å²) in [5.41, 5.74) is 0.273. The lowest BCUT2D eigenvalue weighted by Crippen LogP contribution is -2.47. The maximum atomic E-state index is 11.9. The van der Waals surface area contributed by atoms with Gasteiger partial charge >= 0.3 is 5.97 Å². The van der Waals surface area contributed by atoms with E-state index < -0.39 is 24.0 Å². The van der Waals surface area contributed by atoms with Crippen molar-refractivity contribution in [1.82, 2.24) is 5.32 Å². The number of carbonyl (C=O) groups excluding carboxylic acids is 1. The van der Waals surface area contributed by atoms with Crippen molar-refractivity contribution in [2.75, 3.05) is 0 Å². The van der Waals surface area contributed by atoms with Crippen LogP contribution in [0.15, 0.2) is 18.2 Å². The summed E-state index contributed by atoms with van der Waals surface area (Å²) in [6, 6.07) is 3.37. The molecule has 0 aliphatic carbocycles. The van der Waals surface area contributed by atoms with Crippen molar-refractivity contribution in [3.05, 3.63) is 32.4 Å². The molecule has 0 aliphatic heterocycles. The molecule has 0 bridgehead atoms. The zero-order chi connectivity index (χ0) is 13.9. The fourth-order valence-corrected chi connectivity index (χ4v) is 2.03. The van der Waals surface area contributed by atoms with Gasteiger partial charge in [0.2, 0.25) is 0 Å². The molecule has 1 rings (SSSR count). The molecule has 1 aromatic rings. The van der Waals surface area contributed by atoms with E-state index in [4.69, 9.17) is 16.7 Å². The van der Waals surface area contributed by atoms with Crippen LogP contribution in [0.4, 0.5) is 0 Å². The quantitative estimate of drug-likeness (QED) is 0.688. The average molecular weight is 384 g/mol. The lowest BCUT2D eigenvalue weighted by molar-refractivity contribution is -0.141. The number of carbonyl (C=O) groups is 2. The molecule has 1 aromatic carbocycles. The first kappa shape index (κ1) is 15.2. The minimum Gasteiger partial charge on any atom is -0.480 e. The van der Waals surface area contributed by atoms with E-state index in [9.17, 15) is 14.7 Å². The second-order valence-electron chi connectivity index (χ2n) is 3.65. The number of carboxylic acid groups (broad SMARTS) is 1. The maximum Gasteiger partial charge on any atom is 0.328 e. The minimum absolute atomic E-state index is 0.273. The van der Waals surface area contributed by atoms with Crippen molar-refractivity contribution in [3.8, 4) is 0 Å². The minimum atomic E-state index is -1.35. The third-order valence-corrected chi connectivity index (χ3v) is 3.38. The van der Waals surface area contributed by atoms with E-state index in [2.05, 4.69) is 5.32 Å². The third kappa shape index (κ3) is 3.82. The summed E-state index contributed by atoms with van der Waals surface area (Å²) in [5.74, 6) is -1.88. The molecule has 5 nitrogen and oxygen atoms in total. The Bertz CT molecular complexity index is 478. The molecule has 0 radical (unpaired) electrons. The van der Waals surface area contributed by atoms with Crippen LogP contribution in [0.2, 0.25) is 5.02 Å². The fourth-order valence-electron chi connectivity index (χ4n) is 1.28. The second kappa shape index (κ2) is 6.35. The van der Waals surface area contributed by atoms with Gasteiger partial charge in [0, 0.05) is 8.59 Å². The highest BCUT2D eigenvalue weighted by atomic mass is 127. The molecule has 0 heterocycles. The van der Waals surface area contributed by atoms with Gasteiger partial charge in [-0.2, -0.15) is 0 Å². The number of aliphatic carboxylic acids is 1. The van der Waals surface area contributed by atoms with E-state index in [1.165, 1.54) is 13.0 Å². The average Bonchev–Trinajstić information content (AvgIpc) is 2.28.